The van der Waals surface area contributed by atoms with Gasteiger partial charge in [0.1, 0.15) is 5.75 Å². The van der Waals surface area contributed by atoms with Crippen molar-refractivity contribution in [2.75, 3.05) is 30.8 Å². The van der Waals surface area contributed by atoms with Gasteiger partial charge in [-0.25, -0.2) is 8.42 Å². The van der Waals surface area contributed by atoms with Crippen LogP contribution in [-0.4, -0.2) is 44.7 Å². The lowest BCUT2D eigenvalue weighted by Gasteiger charge is -2.22. The number of hydrogen-bond donors (Lipinski definition) is 2. The molecule has 0 aliphatic carbocycles. The highest BCUT2D eigenvalue weighted by molar-refractivity contribution is 7.89. The highest BCUT2D eigenvalue weighted by atomic mass is 35.5. The number of nitrogens with zero attached hydrogens (tertiary/aromatic N) is 1. The third-order valence-corrected chi connectivity index (χ3v) is 6.77. The summed E-state index contributed by atoms with van der Waals surface area (Å²) in [7, 11) is -2.65. The van der Waals surface area contributed by atoms with E-state index in [1.165, 1.54) is 19.2 Å². The number of benzene rings is 2. The second-order valence-corrected chi connectivity index (χ2v) is 9.14. The average Bonchev–Trinajstić information content (AvgIpc) is 2.63. The lowest BCUT2D eigenvalue weighted by atomic mass is 10.2. The van der Waals surface area contributed by atoms with E-state index < -0.39 is 15.9 Å². The van der Waals surface area contributed by atoms with E-state index in [0.29, 0.717) is 22.0 Å². The van der Waals surface area contributed by atoms with Crippen LogP contribution in [0.5, 0.6) is 5.75 Å². The molecule has 154 valence electrons. The fraction of sp³-hybridized carbons (Fsp3) is 0.263. The van der Waals surface area contributed by atoms with E-state index >= 15 is 0 Å². The van der Waals surface area contributed by atoms with Gasteiger partial charge in [-0.1, -0.05) is 17.7 Å². The van der Waals surface area contributed by atoms with Gasteiger partial charge in [0.25, 0.3) is 5.91 Å². The van der Waals surface area contributed by atoms with Crippen LogP contribution >= 0.6 is 11.6 Å². The number of likely N-dealkylation sites (N-methyl/N-ethyl adjacent to an activating group) is 1. The molecule has 0 unspecified atom stereocenters. The number of carbonyl (C=O) groups excluding carboxylic acids is 2. The predicted octanol–water partition coefficient (Wildman–Crippen LogP) is 2.55. The molecule has 2 aromatic carbocycles. The Morgan fingerprint density at radius 1 is 1.24 bits per heavy atom. The van der Waals surface area contributed by atoms with Crippen molar-refractivity contribution in [3.63, 3.8) is 0 Å². The molecule has 0 saturated heterocycles. The van der Waals surface area contributed by atoms with Crippen LogP contribution in [0.15, 0.2) is 35.2 Å². The summed E-state index contributed by atoms with van der Waals surface area (Å²) >= 11 is 6.04. The minimum Gasteiger partial charge on any atom is -0.482 e. The van der Waals surface area contributed by atoms with E-state index in [1.807, 2.05) is 6.92 Å². The molecule has 0 bridgehead atoms. The van der Waals surface area contributed by atoms with Crippen molar-refractivity contribution in [1.29, 1.82) is 0 Å². The zero-order valence-corrected chi connectivity index (χ0v) is 17.6. The topological polar surface area (TPSA) is 105 Å². The molecular formula is C19H20ClN3O5S. The molecule has 2 N–H and O–H groups in total. The van der Waals surface area contributed by atoms with Crippen molar-refractivity contribution in [3.8, 4) is 5.75 Å². The average molecular weight is 438 g/mol. The molecule has 0 spiro atoms. The summed E-state index contributed by atoms with van der Waals surface area (Å²) in [6.07, 6.45) is 0. The fourth-order valence-electron chi connectivity index (χ4n) is 2.82. The molecule has 10 heteroatoms. The first-order chi connectivity index (χ1) is 13.6. The number of anilines is 2. The van der Waals surface area contributed by atoms with E-state index in [2.05, 4.69) is 10.6 Å². The summed E-state index contributed by atoms with van der Waals surface area (Å²) < 4.78 is 32.2. The summed E-state index contributed by atoms with van der Waals surface area (Å²) in [5, 5.41) is 5.76. The van der Waals surface area contributed by atoms with Gasteiger partial charge in [0.2, 0.25) is 15.9 Å². The fourth-order valence-corrected chi connectivity index (χ4v) is 4.35. The first-order valence-corrected chi connectivity index (χ1v) is 10.5. The van der Waals surface area contributed by atoms with Crippen molar-refractivity contribution in [1.82, 2.24) is 4.31 Å². The molecule has 0 atom stereocenters. The molecule has 29 heavy (non-hydrogen) atoms. The molecule has 0 fully saturated rings. The normalized spacial score (nSPS) is 13.5. The number of ether oxygens (including phenoxy) is 1. The first kappa shape index (κ1) is 21.1. The Bertz CT molecular complexity index is 1100. The van der Waals surface area contributed by atoms with Gasteiger partial charge in [0, 0.05) is 23.8 Å². The SMILES string of the molecule is Cc1ccc(NC(=O)CN(C)S(=O)(=O)c2cc3c(cc2C)NC(=O)CO3)cc1Cl. The van der Waals surface area contributed by atoms with Crippen molar-refractivity contribution < 1.29 is 22.7 Å². The molecule has 0 saturated carbocycles. The second kappa shape index (κ2) is 8.02. The zero-order chi connectivity index (χ0) is 21.3. The summed E-state index contributed by atoms with van der Waals surface area (Å²) in [6.45, 7) is 2.87. The van der Waals surface area contributed by atoms with Crippen molar-refractivity contribution >= 4 is 44.8 Å². The maximum atomic E-state index is 13.0. The van der Waals surface area contributed by atoms with Gasteiger partial charge in [0.05, 0.1) is 17.1 Å². The minimum absolute atomic E-state index is 0.000999. The molecule has 3 rings (SSSR count). The number of amides is 2. The second-order valence-electron chi connectivity index (χ2n) is 6.72. The van der Waals surface area contributed by atoms with Crippen LogP contribution in [0, 0.1) is 13.8 Å². The Kier molecular flexibility index (Phi) is 5.83. The van der Waals surface area contributed by atoms with E-state index in [9.17, 15) is 18.0 Å². The minimum atomic E-state index is -3.97. The van der Waals surface area contributed by atoms with Gasteiger partial charge in [-0.15, -0.1) is 0 Å². The van der Waals surface area contributed by atoms with Crippen molar-refractivity contribution in [2.45, 2.75) is 18.7 Å². The molecule has 0 radical (unpaired) electrons. The Morgan fingerprint density at radius 3 is 2.66 bits per heavy atom. The Hall–Kier alpha value is -2.62. The summed E-state index contributed by atoms with van der Waals surface area (Å²) in [4.78, 5) is 23.7. The standard InChI is InChI=1S/C19H20ClN3O5S/c1-11-4-5-13(7-14(11)20)21-18(24)9-23(3)29(26,27)17-8-16-15(6-12(17)2)22-19(25)10-28-16/h4-8H,9-10H2,1-3H3,(H,21,24)(H,22,25). The molecule has 1 aliphatic rings. The zero-order valence-electron chi connectivity index (χ0n) is 16.1. The summed E-state index contributed by atoms with van der Waals surface area (Å²) in [5.41, 5.74) is 2.18. The van der Waals surface area contributed by atoms with E-state index in [0.717, 1.165) is 9.87 Å². The van der Waals surface area contributed by atoms with Crippen LogP contribution < -0.4 is 15.4 Å². The number of fused-ring (bicyclic) bond motifs is 1. The van der Waals surface area contributed by atoms with Crippen LogP contribution in [0.4, 0.5) is 11.4 Å². The third-order valence-electron chi connectivity index (χ3n) is 4.42. The van der Waals surface area contributed by atoms with E-state index in [-0.39, 0.29) is 29.7 Å². The molecule has 2 aromatic rings. The van der Waals surface area contributed by atoms with Crippen LogP contribution in [0.2, 0.25) is 5.02 Å². The summed E-state index contributed by atoms with van der Waals surface area (Å²) in [6, 6.07) is 7.93. The maximum absolute atomic E-state index is 13.0. The Labute approximate surface area is 173 Å². The van der Waals surface area contributed by atoms with Crippen molar-refractivity contribution in [3.05, 3.63) is 46.5 Å². The van der Waals surface area contributed by atoms with Crippen LogP contribution in [0.25, 0.3) is 0 Å². The number of carbonyl (C=O) groups is 2. The van der Waals surface area contributed by atoms with Gasteiger partial charge in [-0.2, -0.15) is 4.31 Å². The van der Waals surface area contributed by atoms with Gasteiger partial charge >= 0.3 is 0 Å². The molecule has 0 aromatic heterocycles. The van der Waals surface area contributed by atoms with Gasteiger partial charge in [-0.05, 0) is 43.2 Å². The lowest BCUT2D eigenvalue weighted by molar-refractivity contribution is -0.118. The Balaban J connectivity index is 1.77. The monoisotopic (exact) mass is 437 g/mol. The van der Waals surface area contributed by atoms with Crippen molar-refractivity contribution in [2.24, 2.45) is 0 Å². The van der Waals surface area contributed by atoms with Gasteiger partial charge < -0.3 is 15.4 Å². The number of aryl methyl sites for hydroxylation is 2. The van der Waals surface area contributed by atoms with Crippen LogP contribution in [-0.2, 0) is 19.6 Å². The highest BCUT2D eigenvalue weighted by Crippen LogP contribution is 2.33. The number of sulfonamides is 1. The Morgan fingerprint density at radius 2 is 1.97 bits per heavy atom. The number of halogens is 1. The largest absolute Gasteiger partial charge is 0.482 e. The molecular weight excluding hydrogens is 418 g/mol. The molecule has 8 nitrogen and oxygen atoms in total. The number of nitrogens with one attached hydrogen (secondary N) is 2. The quantitative estimate of drug-likeness (QED) is 0.747. The summed E-state index contributed by atoms with van der Waals surface area (Å²) in [5.74, 6) is -0.548. The third kappa shape index (κ3) is 4.52. The smallest absolute Gasteiger partial charge is 0.262 e. The van der Waals surface area contributed by atoms with Crippen LogP contribution in [0.1, 0.15) is 11.1 Å². The van der Waals surface area contributed by atoms with Crippen LogP contribution in [0.3, 0.4) is 0 Å². The molecule has 1 heterocycles. The predicted molar refractivity (Wildman–Crippen MR) is 110 cm³/mol. The van der Waals surface area contributed by atoms with E-state index in [4.69, 9.17) is 16.3 Å². The van der Waals surface area contributed by atoms with E-state index in [1.54, 1.807) is 25.1 Å². The maximum Gasteiger partial charge on any atom is 0.262 e. The molecule has 2 amide bonds. The lowest BCUT2D eigenvalue weighted by Crippen LogP contribution is -2.35. The highest BCUT2D eigenvalue weighted by Gasteiger charge is 2.28. The number of rotatable bonds is 5. The van der Waals surface area contributed by atoms with Gasteiger partial charge in [0.15, 0.2) is 6.61 Å². The molecule has 1 aliphatic heterocycles. The van der Waals surface area contributed by atoms with Gasteiger partial charge in [-0.3, -0.25) is 9.59 Å². The number of hydrogen-bond acceptors (Lipinski definition) is 5. The first-order valence-electron chi connectivity index (χ1n) is 8.67.